The van der Waals surface area contributed by atoms with Gasteiger partial charge in [-0.1, -0.05) is 12.1 Å². The highest BCUT2D eigenvalue weighted by Gasteiger charge is 2.15. The first kappa shape index (κ1) is 17.7. The normalized spacial score (nSPS) is 16.0. The summed E-state index contributed by atoms with van der Waals surface area (Å²) in [7, 11) is -3.64. The Morgan fingerprint density at radius 3 is 2.48 bits per heavy atom. The van der Waals surface area contributed by atoms with Crippen molar-refractivity contribution in [3.05, 3.63) is 29.8 Å². The van der Waals surface area contributed by atoms with E-state index in [1.54, 1.807) is 12.1 Å². The van der Waals surface area contributed by atoms with Crippen molar-refractivity contribution in [2.75, 3.05) is 19.8 Å². The molecular weight excluding hydrogens is 318 g/mol. The zero-order chi connectivity index (χ0) is 16.7. The van der Waals surface area contributed by atoms with Crippen molar-refractivity contribution < 1.29 is 17.9 Å². The van der Waals surface area contributed by atoms with Crippen LogP contribution in [0.3, 0.4) is 0 Å². The Morgan fingerprint density at radius 2 is 1.87 bits per heavy atom. The van der Waals surface area contributed by atoms with Gasteiger partial charge in [0, 0.05) is 25.8 Å². The molecule has 1 saturated heterocycles. The third-order valence-electron chi connectivity index (χ3n) is 3.74. The largest absolute Gasteiger partial charge is 0.381 e. The topological polar surface area (TPSA) is 111 Å². The van der Waals surface area contributed by atoms with Gasteiger partial charge in [0.25, 0.3) is 0 Å². The van der Waals surface area contributed by atoms with Gasteiger partial charge in [0.2, 0.25) is 10.0 Å². The molecule has 0 radical (unpaired) electrons. The number of carbonyl (C=O) groups excluding carboxylic acids is 1. The summed E-state index contributed by atoms with van der Waals surface area (Å²) in [4.78, 5) is 11.8. The van der Waals surface area contributed by atoms with E-state index in [-0.39, 0.29) is 17.0 Å². The molecule has 2 amide bonds. The highest BCUT2D eigenvalue weighted by Crippen LogP contribution is 2.10. The molecule has 1 aromatic rings. The van der Waals surface area contributed by atoms with E-state index in [0.717, 1.165) is 31.2 Å². The van der Waals surface area contributed by atoms with Crippen LogP contribution in [0, 0.1) is 0 Å². The predicted molar refractivity (Wildman–Crippen MR) is 86.5 cm³/mol. The number of nitrogens with two attached hydrogens (primary N) is 1. The van der Waals surface area contributed by atoms with Gasteiger partial charge in [0.15, 0.2) is 0 Å². The number of nitrogens with one attached hydrogen (secondary N) is 2. The van der Waals surface area contributed by atoms with Gasteiger partial charge in [-0.3, -0.25) is 0 Å². The molecule has 1 aliphatic rings. The van der Waals surface area contributed by atoms with Crippen LogP contribution in [0.5, 0.6) is 0 Å². The lowest BCUT2D eigenvalue weighted by molar-refractivity contribution is 0.0801. The van der Waals surface area contributed by atoms with Crippen LogP contribution in [0.25, 0.3) is 0 Å². The van der Waals surface area contributed by atoms with Crippen molar-refractivity contribution in [2.45, 2.75) is 36.6 Å². The van der Waals surface area contributed by atoms with E-state index in [4.69, 9.17) is 9.88 Å². The van der Waals surface area contributed by atoms with E-state index >= 15 is 0 Å². The van der Waals surface area contributed by atoms with E-state index in [1.807, 2.05) is 0 Å². The molecule has 23 heavy (non-hydrogen) atoms. The second kappa shape index (κ2) is 8.28. The molecule has 0 unspecified atom stereocenters. The molecule has 0 saturated carbocycles. The summed E-state index contributed by atoms with van der Waals surface area (Å²) in [6, 6.07) is 6.51. The van der Waals surface area contributed by atoms with E-state index < -0.39 is 10.0 Å². The zero-order valence-electron chi connectivity index (χ0n) is 13.0. The minimum atomic E-state index is -3.64. The van der Waals surface area contributed by atoms with E-state index in [2.05, 4.69) is 10.6 Å². The number of hydrogen-bond acceptors (Lipinski definition) is 4. The van der Waals surface area contributed by atoms with Gasteiger partial charge < -0.3 is 15.4 Å². The lowest BCUT2D eigenvalue weighted by Crippen LogP contribution is -2.44. The van der Waals surface area contributed by atoms with Gasteiger partial charge in [-0.2, -0.15) is 0 Å². The molecule has 0 spiro atoms. The number of benzene rings is 1. The van der Waals surface area contributed by atoms with Crippen molar-refractivity contribution >= 4 is 16.1 Å². The minimum absolute atomic E-state index is 0.107. The molecule has 1 heterocycles. The summed E-state index contributed by atoms with van der Waals surface area (Å²) in [5.74, 6) is 0. The quantitative estimate of drug-likeness (QED) is 0.663. The van der Waals surface area contributed by atoms with E-state index in [9.17, 15) is 13.2 Å². The number of primary sulfonamides is 1. The average molecular weight is 341 g/mol. The number of carbonyl (C=O) groups is 1. The standard InChI is InChI=1S/C15H23N3O4S/c16-23(20,21)14-5-3-12(4-6-14)2-1-9-17-15(19)18-13-7-10-22-11-8-13/h3-6,13H,1-2,7-11H2,(H2,16,20,21)(H2,17,18,19). The Labute approximate surface area is 136 Å². The molecule has 1 aliphatic heterocycles. The zero-order valence-corrected chi connectivity index (χ0v) is 13.8. The van der Waals surface area contributed by atoms with Crippen molar-refractivity contribution in [3.63, 3.8) is 0 Å². The number of sulfonamides is 1. The molecule has 128 valence electrons. The number of aryl methyl sites for hydroxylation is 1. The fraction of sp³-hybridized carbons (Fsp3) is 0.533. The first-order chi connectivity index (χ1) is 10.9. The van der Waals surface area contributed by atoms with Gasteiger partial charge in [-0.15, -0.1) is 0 Å². The Hall–Kier alpha value is -1.64. The van der Waals surface area contributed by atoms with Crippen molar-refractivity contribution in [3.8, 4) is 0 Å². The SMILES string of the molecule is NS(=O)(=O)c1ccc(CCCNC(=O)NC2CCOCC2)cc1. The van der Waals surface area contributed by atoms with Gasteiger partial charge in [0.05, 0.1) is 4.90 Å². The van der Waals surface area contributed by atoms with Crippen LogP contribution < -0.4 is 15.8 Å². The lowest BCUT2D eigenvalue weighted by atomic mass is 10.1. The molecule has 2 rings (SSSR count). The molecule has 8 heteroatoms. The minimum Gasteiger partial charge on any atom is -0.381 e. The van der Waals surface area contributed by atoms with Crippen LogP contribution in [0.1, 0.15) is 24.8 Å². The summed E-state index contributed by atoms with van der Waals surface area (Å²) < 4.78 is 27.6. The van der Waals surface area contributed by atoms with Crippen LogP contribution in [0.15, 0.2) is 29.2 Å². The van der Waals surface area contributed by atoms with Gasteiger partial charge >= 0.3 is 6.03 Å². The first-order valence-corrected chi connectivity index (χ1v) is 9.23. The van der Waals surface area contributed by atoms with Crippen LogP contribution >= 0.6 is 0 Å². The third-order valence-corrected chi connectivity index (χ3v) is 4.67. The van der Waals surface area contributed by atoms with Gasteiger partial charge in [-0.05, 0) is 43.4 Å². The Kier molecular flexibility index (Phi) is 6.37. The third kappa shape index (κ3) is 6.17. The number of urea groups is 1. The van der Waals surface area contributed by atoms with Crippen LogP contribution in [-0.4, -0.2) is 40.2 Å². The summed E-state index contributed by atoms with van der Waals surface area (Å²) in [5, 5.41) is 10.8. The fourth-order valence-electron chi connectivity index (χ4n) is 2.42. The van der Waals surface area contributed by atoms with Crippen LogP contribution in [0.2, 0.25) is 0 Å². The fourth-order valence-corrected chi connectivity index (χ4v) is 2.93. The molecule has 7 nitrogen and oxygen atoms in total. The van der Waals surface area contributed by atoms with Gasteiger partial charge in [0.1, 0.15) is 0 Å². The van der Waals surface area contributed by atoms with Crippen LogP contribution in [0.4, 0.5) is 4.79 Å². The Bertz CT molecular complexity index is 610. The molecule has 0 atom stereocenters. The summed E-state index contributed by atoms with van der Waals surface area (Å²) in [5.41, 5.74) is 1.00. The molecule has 0 aromatic heterocycles. The highest BCUT2D eigenvalue weighted by atomic mass is 32.2. The predicted octanol–water partition coefficient (Wildman–Crippen LogP) is 0.745. The van der Waals surface area contributed by atoms with Crippen molar-refractivity contribution in [1.29, 1.82) is 0 Å². The number of ether oxygens (including phenoxy) is 1. The number of rotatable bonds is 6. The number of amides is 2. The summed E-state index contributed by atoms with van der Waals surface area (Å²) in [6.07, 6.45) is 3.23. The van der Waals surface area contributed by atoms with E-state index in [1.165, 1.54) is 12.1 Å². The van der Waals surface area contributed by atoms with Gasteiger partial charge in [-0.25, -0.2) is 18.4 Å². The first-order valence-electron chi connectivity index (χ1n) is 7.69. The molecule has 0 bridgehead atoms. The number of hydrogen-bond donors (Lipinski definition) is 3. The highest BCUT2D eigenvalue weighted by molar-refractivity contribution is 7.89. The smallest absolute Gasteiger partial charge is 0.315 e. The summed E-state index contributed by atoms with van der Waals surface area (Å²) in [6.45, 7) is 1.95. The maximum absolute atomic E-state index is 11.7. The van der Waals surface area contributed by atoms with Crippen molar-refractivity contribution in [2.24, 2.45) is 5.14 Å². The molecule has 1 fully saturated rings. The maximum Gasteiger partial charge on any atom is 0.315 e. The second-order valence-electron chi connectivity index (χ2n) is 5.58. The van der Waals surface area contributed by atoms with Crippen molar-refractivity contribution in [1.82, 2.24) is 10.6 Å². The molecular formula is C15H23N3O4S. The Balaban J connectivity index is 1.65. The van der Waals surface area contributed by atoms with E-state index in [0.29, 0.717) is 19.8 Å². The monoisotopic (exact) mass is 341 g/mol. The second-order valence-corrected chi connectivity index (χ2v) is 7.14. The average Bonchev–Trinajstić information content (AvgIpc) is 2.52. The molecule has 4 N–H and O–H groups in total. The Morgan fingerprint density at radius 1 is 1.22 bits per heavy atom. The van der Waals surface area contributed by atoms with Crippen LogP contribution in [-0.2, 0) is 21.2 Å². The molecule has 0 aliphatic carbocycles. The maximum atomic E-state index is 11.7. The summed E-state index contributed by atoms with van der Waals surface area (Å²) >= 11 is 0. The lowest BCUT2D eigenvalue weighted by Gasteiger charge is -2.23. The molecule has 1 aromatic carbocycles.